The second-order valence-electron chi connectivity index (χ2n) is 14.4. The van der Waals surface area contributed by atoms with E-state index in [1.165, 1.54) is 180 Å². The first-order valence-electron chi connectivity index (χ1n) is 19.7. The van der Waals surface area contributed by atoms with Crippen molar-refractivity contribution in [3.05, 3.63) is 0 Å². The molecular formula is C40H84O2. The maximum atomic E-state index is 9.72. The zero-order valence-electron chi connectivity index (χ0n) is 30.4. The molecule has 0 aromatic rings. The lowest BCUT2D eigenvalue weighted by Crippen LogP contribution is -2.13. The number of aliphatic hydroxyl groups excluding tert-OH is 2. The molecule has 0 unspecified atom stereocenters. The highest BCUT2D eigenvalue weighted by Crippen LogP contribution is 2.17. The molecule has 0 amide bonds. The van der Waals surface area contributed by atoms with Gasteiger partial charge in [0, 0.05) is 0 Å². The SMILES string of the molecule is CCCCCCCCCCCCCCCC[C@@H](O)C(C)C.CCCCCCCCCCCCCCCC[C@H](O)C(C)C. The average Bonchev–Trinajstić information content (AvgIpc) is 2.97. The molecule has 0 aliphatic carbocycles. The summed E-state index contributed by atoms with van der Waals surface area (Å²) in [6.45, 7) is 13.0. The van der Waals surface area contributed by atoms with E-state index in [9.17, 15) is 10.2 Å². The van der Waals surface area contributed by atoms with Crippen molar-refractivity contribution >= 4 is 0 Å². The van der Waals surface area contributed by atoms with Gasteiger partial charge in [0.1, 0.15) is 0 Å². The molecule has 2 heteroatoms. The molecule has 0 aromatic carbocycles. The van der Waals surface area contributed by atoms with Gasteiger partial charge in [-0.1, -0.05) is 221 Å². The summed E-state index contributed by atoms with van der Waals surface area (Å²) in [5, 5.41) is 19.4. The minimum Gasteiger partial charge on any atom is -0.393 e. The van der Waals surface area contributed by atoms with E-state index in [0.717, 1.165) is 12.8 Å². The van der Waals surface area contributed by atoms with Crippen molar-refractivity contribution in [1.82, 2.24) is 0 Å². The van der Waals surface area contributed by atoms with Crippen LogP contribution in [-0.4, -0.2) is 22.4 Å². The molecule has 0 rings (SSSR count). The fraction of sp³-hybridized carbons (Fsp3) is 1.00. The monoisotopic (exact) mass is 597 g/mol. The van der Waals surface area contributed by atoms with E-state index in [0.29, 0.717) is 11.8 Å². The molecule has 2 N–H and O–H groups in total. The molecule has 0 heterocycles. The van der Waals surface area contributed by atoms with Gasteiger partial charge in [-0.2, -0.15) is 0 Å². The van der Waals surface area contributed by atoms with Crippen molar-refractivity contribution in [1.29, 1.82) is 0 Å². The molecule has 0 spiro atoms. The summed E-state index contributed by atoms with van der Waals surface area (Å²) in [4.78, 5) is 0. The van der Waals surface area contributed by atoms with E-state index >= 15 is 0 Å². The van der Waals surface area contributed by atoms with Gasteiger partial charge in [-0.3, -0.25) is 0 Å². The van der Waals surface area contributed by atoms with Gasteiger partial charge in [0.25, 0.3) is 0 Å². The van der Waals surface area contributed by atoms with E-state index in [2.05, 4.69) is 41.5 Å². The highest BCUT2D eigenvalue weighted by atomic mass is 16.3. The number of hydrogen-bond acceptors (Lipinski definition) is 2. The van der Waals surface area contributed by atoms with Crippen molar-refractivity contribution < 1.29 is 10.2 Å². The van der Waals surface area contributed by atoms with Crippen molar-refractivity contribution in [3.8, 4) is 0 Å². The highest BCUT2D eigenvalue weighted by molar-refractivity contribution is 4.61. The molecule has 256 valence electrons. The Morgan fingerprint density at radius 2 is 0.452 bits per heavy atom. The summed E-state index contributed by atoms with van der Waals surface area (Å²) < 4.78 is 0. The van der Waals surface area contributed by atoms with Crippen LogP contribution in [-0.2, 0) is 0 Å². The number of unbranched alkanes of at least 4 members (excludes halogenated alkanes) is 26. The Morgan fingerprint density at radius 3 is 0.619 bits per heavy atom. The van der Waals surface area contributed by atoms with Crippen molar-refractivity contribution in [2.24, 2.45) is 11.8 Å². The van der Waals surface area contributed by atoms with Gasteiger partial charge in [0.15, 0.2) is 0 Å². The molecular weight excluding hydrogens is 512 g/mol. The molecule has 0 aliphatic heterocycles. The Kier molecular flexibility index (Phi) is 38.9. The lowest BCUT2D eigenvalue weighted by Gasteiger charge is -2.13. The molecule has 0 saturated carbocycles. The molecule has 0 aliphatic rings. The maximum absolute atomic E-state index is 9.72. The Bertz CT molecular complexity index is 419. The van der Waals surface area contributed by atoms with Gasteiger partial charge in [0.05, 0.1) is 12.2 Å². The molecule has 0 saturated heterocycles. The Labute approximate surface area is 268 Å². The Morgan fingerprint density at radius 1 is 0.286 bits per heavy atom. The fourth-order valence-corrected chi connectivity index (χ4v) is 5.76. The number of aliphatic hydroxyl groups is 2. The van der Waals surface area contributed by atoms with E-state index < -0.39 is 0 Å². The molecule has 2 nitrogen and oxygen atoms in total. The summed E-state index contributed by atoms with van der Waals surface area (Å²) in [5.41, 5.74) is 0. The quantitative estimate of drug-likeness (QED) is 0.0758. The lowest BCUT2D eigenvalue weighted by atomic mass is 10.00. The van der Waals surface area contributed by atoms with Gasteiger partial charge in [-0.25, -0.2) is 0 Å². The minimum atomic E-state index is -0.0812. The van der Waals surface area contributed by atoms with Crippen molar-refractivity contribution in [2.45, 2.75) is 246 Å². The van der Waals surface area contributed by atoms with Crippen LogP contribution in [0.15, 0.2) is 0 Å². The lowest BCUT2D eigenvalue weighted by molar-refractivity contribution is 0.113. The Balaban J connectivity index is 0. The van der Waals surface area contributed by atoms with Crippen LogP contribution >= 0.6 is 0 Å². The maximum Gasteiger partial charge on any atom is 0.0563 e. The molecule has 0 radical (unpaired) electrons. The van der Waals surface area contributed by atoms with E-state index in [1.807, 2.05) is 0 Å². The summed E-state index contributed by atoms with van der Waals surface area (Å²) in [7, 11) is 0. The smallest absolute Gasteiger partial charge is 0.0563 e. The van der Waals surface area contributed by atoms with Gasteiger partial charge in [-0.15, -0.1) is 0 Å². The predicted molar refractivity (Wildman–Crippen MR) is 192 cm³/mol. The van der Waals surface area contributed by atoms with Crippen molar-refractivity contribution in [2.75, 3.05) is 0 Å². The van der Waals surface area contributed by atoms with Gasteiger partial charge < -0.3 is 10.2 Å². The molecule has 0 fully saturated rings. The van der Waals surface area contributed by atoms with Crippen LogP contribution in [0.1, 0.15) is 234 Å². The van der Waals surface area contributed by atoms with Crippen LogP contribution in [0.3, 0.4) is 0 Å². The molecule has 0 aromatic heterocycles. The first-order valence-corrected chi connectivity index (χ1v) is 19.7. The molecule has 2 atom stereocenters. The first kappa shape index (κ1) is 44.0. The normalized spacial score (nSPS) is 13.0. The average molecular weight is 597 g/mol. The second-order valence-corrected chi connectivity index (χ2v) is 14.4. The topological polar surface area (TPSA) is 40.5 Å². The number of rotatable bonds is 32. The van der Waals surface area contributed by atoms with Crippen molar-refractivity contribution in [3.63, 3.8) is 0 Å². The summed E-state index contributed by atoms with van der Waals surface area (Å²) in [6, 6.07) is 0. The third-order valence-corrected chi connectivity index (χ3v) is 9.25. The largest absolute Gasteiger partial charge is 0.393 e. The zero-order valence-corrected chi connectivity index (χ0v) is 30.4. The van der Waals surface area contributed by atoms with E-state index in [-0.39, 0.29) is 12.2 Å². The van der Waals surface area contributed by atoms with Crippen LogP contribution in [0.25, 0.3) is 0 Å². The third kappa shape index (κ3) is 37.9. The summed E-state index contributed by atoms with van der Waals surface area (Å²) in [6.07, 6.45) is 41.1. The van der Waals surface area contributed by atoms with Crippen LogP contribution < -0.4 is 0 Å². The summed E-state index contributed by atoms with van der Waals surface area (Å²) in [5.74, 6) is 0.846. The zero-order chi connectivity index (χ0) is 31.5. The van der Waals surface area contributed by atoms with Crippen LogP contribution in [0.2, 0.25) is 0 Å². The minimum absolute atomic E-state index is 0.0812. The van der Waals surface area contributed by atoms with Crippen LogP contribution in [0.5, 0.6) is 0 Å². The fourth-order valence-electron chi connectivity index (χ4n) is 5.76. The molecule has 0 bridgehead atoms. The molecule has 42 heavy (non-hydrogen) atoms. The second kappa shape index (κ2) is 37.1. The third-order valence-electron chi connectivity index (χ3n) is 9.25. The van der Waals surface area contributed by atoms with Crippen LogP contribution in [0, 0.1) is 11.8 Å². The standard InChI is InChI=1S/2C20H42O/c2*1-4-5-6-7-8-9-10-11-12-13-14-15-16-17-18-20(21)19(2)3/h2*19-21H,4-18H2,1-3H3/t2*20-/m10/s1. The predicted octanol–water partition coefficient (Wildman–Crippen LogP) is 13.7. The van der Waals surface area contributed by atoms with Gasteiger partial charge >= 0.3 is 0 Å². The summed E-state index contributed by atoms with van der Waals surface area (Å²) >= 11 is 0. The van der Waals surface area contributed by atoms with E-state index in [1.54, 1.807) is 0 Å². The number of hydrogen-bond donors (Lipinski definition) is 2. The van der Waals surface area contributed by atoms with Crippen LogP contribution in [0.4, 0.5) is 0 Å². The van der Waals surface area contributed by atoms with E-state index in [4.69, 9.17) is 0 Å². The van der Waals surface area contributed by atoms with Gasteiger partial charge in [0.2, 0.25) is 0 Å². The first-order chi connectivity index (χ1) is 20.4. The Hall–Kier alpha value is -0.0800. The highest BCUT2D eigenvalue weighted by Gasteiger charge is 2.08. The van der Waals surface area contributed by atoms with Gasteiger partial charge in [-0.05, 0) is 24.7 Å².